The molecule has 5 heteroatoms. The number of carbonyl (C=O) groups is 1. The SMILES string of the molecule is COC(=O)c1c(N)cccc1COCc1cccc(Cl)c1. The minimum absolute atomic E-state index is 0.266. The molecule has 0 saturated heterocycles. The van der Waals surface area contributed by atoms with Crippen molar-refractivity contribution in [3.8, 4) is 0 Å². The molecule has 0 aromatic heterocycles. The number of esters is 1. The van der Waals surface area contributed by atoms with E-state index in [9.17, 15) is 4.79 Å². The Morgan fingerprint density at radius 1 is 1.19 bits per heavy atom. The van der Waals surface area contributed by atoms with Crippen LogP contribution in [-0.4, -0.2) is 13.1 Å². The molecule has 0 bridgehead atoms. The number of methoxy groups -OCH3 is 1. The summed E-state index contributed by atoms with van der Waals surface area (Å²) >= 11 is 5.91. The van der Waals surface area contributed by atoms with Gasteiger partial charge in [0, 0.05) is 10.7 Å². The zero-order chi connectivity index (χ0) is 15.2. The van der Waals surface area contributed by atoms with Crippen LogP contribution in [0.5, 0.6) is 0 Å². The molecule has 0 fully saturated rings. The molecular formula is C16H16ClNO3. The summed E-state index contributed by atoms with van der Waals surface area (Å²) < 4.78 is 10.4. The summed E-state index contributed by atoms with van der Waals surface area (Å²) in [7, 11) is 1.32. The minimum atomic E-state index is -0.463. The highest BCUT2D eigenvalue weighted by Gasteiger charge is 2.15. The first-order valence-electron chi connectivity index (χ1n) is 6.39. The molecule has 2 aromatic carbocycles. The highest BCUT2D eigenvalue weighted by Crippen LogP contribution is 2.20. The maximum atomic E-state index is 11.8. The number of hydrogen-bond donors (Lipinski definition) is 1. The van der Waals surface area contributed by atoms with Crippen molar-refractivity contribution in [3.05, 3.63) is 64.2 Å². The summed E-state index contributed by atoms with van der Waals surface area (Å²) in [6.45, 7) is 0.665. The van der Waals surface area contributed by atoms with E-state index in [1.165, 1.54) is 7.11 Å². The largest absolute Gasteiger partial charge is 0.465 e. The smallest absolute Gasteiger partial charge is 0.340 e. The van der Waals surface area contributed by atoms with Crippen molar-refractivity contribution in [2.24, 2.45) is 0 Å². The Labute approximate surface area is 128 Å². The molecule has 0 spiro atoms. The van der Waals surface area contributed by atoms with E-state index in [4.69, 9.17) is 26.8 Å². The standard InChI is InChI=1S/C16H16ClNO3/c1-20-16(19)15-12(5-3-7-14(15)18)10-21-9-11-4-2-6-13(17)8-11/h2-8H,9-10,18H2,1H3. The maximum absolute atomic E-state index is 11.8. The number of ether oxygens (including phenoxy) is 2. The van der Waals surface area contributed by atoms with Gasteiger partial charge in [0.15, 0.2) is 0 Å². The molecule has 4 nitrogen and oxygen atoms in total. The van der Waals surface area contributed by atoms with E-state index in [-0.39, 0.29) is 6.61 Å². The van der Waals surface area contributed by atoms with Gasteiger partial charge in [-0.1, -0.05) is 35.9 Å². The topological polar surface area (TPSA) is 61.5 Å². The quantitative estimate of drug-likeness (QED) is 0.679. The molecule has 0 aliphatic carbocycles. The summed E-state index contributed by atoms with van der Waals surface area (Å²) in [6, 6.07) is 12.7. The number of hydrogen-bond acceptors (Lipinski definition) is 4. The Kier molecular flexibility index (Phi) is 5.20. The van der Waals surface area contributed by atoms with Crippen LogP contribution in [0.2, 0.25) is 5.02 Å². The highest BCUT2D eigenvalue weighted by atomic mass is 35.5. The summed E-state index contributed by atoms with van der Waals surface area (Å²) in [5.41, 5.74) is 8.22. The first-order chi connectivity index (χ1) is 10.1. The molecule has 2 aromatic rings. The summed E-state index contributed by atoms with van der Waals surface area (Å²) in [5.74, 6) is -0.463. The van der Waals surface area contributed by atoms with E-state index in [0.29, 0.717) is 28.4 Å². The van der Waals surface area contributed by atoms with E-state index in [1.54, 1.807) is 24.3 Å². The van der Waals surface area contributed by atoms with Crippen LogP contribution in [0.15, 0.2) is 42.5 Å². The predicted molar refractivity (Wildman–Crippen MR) is 82.1 cm³/mol. The summed E-state index contributed by atoms with van der Waals surface area (Å²) in [6.07, 6.45) is 0. The van der Waals surface area contributed by atoms with Gasteiger partial charge in [0.25, 0.3) is 0 Å². The average Bonchev–Trinajstić information content (AvgIpc) is 2.47. The normalized spacial score (nSPS) is 10.4. The Hall–Kier alpha value is -2.04. The summed E-state index contributed by atoms with van der Waals surface area (Å²) in [5, 5.41) is 0.662. The van der Waals surface area contributed by atoms with E-state index < -0.39 is 5.97 Å². The van der Waals surface area contributed by atoms with Gasteiger partial charge in [-0.15, -0.1) is 0 Å². The van der Waals surface area contributed by atoms with Crippen LogP contribution in [0.3, 0.4) is 0 Å². The van der Waals surface area contributed by atoms with Crippen LogP contribution in [-0.2, 0) is 22.7 Å². The fraction of sp³-hybridized carbons (Fsp3) is 0.188. The van der Waals surface area contributed by atoms with Crippen molar-refractivity contribution in [2.75, 3.05) is 12.8 Å². The molecule has 21 heavy (non-hydrogen) atoms. The maximum Gasteiger partial charge on any atom is 0.340 e. The van der Waals surface area contributed by atoms with Gasteiger partial charge in [-0.2, -0.15) is 0 Å². The number of nitrogen functional groups attached to an aromatic ring is 1. The molecule has 0 aliphatic heterocycles. The summed E-state index contributed by atoms with van der Waals surface area (Å²) in [4.78, 5) is 11.8. The molecule has 0 radical (unpaired) electrons. The molecule has 2 rings (SSSR count). The van der Waals surface area contributed by atoms with Crippen molar-refractivity contribution in [1.29, 1.82) is 0 Å². The number of halogens is 1. The second kappa shape index (κ2) is 7.11. The van der Waals surface area contributed by atoms with Crippen LogP contribution < -0.4 is 5.73 Å². The van der Waals surface area contributed by atoms with Gasteiger partial charge in [-0.3, -0.25) is 0 Å². The zero-order valence-corrected chi connectivity index (χ0v) is 12.4. The molecule has 0 unspecified atom stereocenters. The van der Waals surface area contributed by atoms with Crippen LogP contribution in [0.25, 0.3) is 0 Å². The molecule has 0 saturated carbocycles. The van der Waals surface area contributed by atoms with Crippen molar-refractivity contribution < 1.29 is 14.3 Å². The van der Waals surface area contributed by atoms with E-state index in [2.05, 4.69) is 0 Å². The third-order valence-electron chi connectivity index (χ3n) is 2.99. The Morgan fingerprint density at radius 2 is 1.95 bits per heavy atom. The van der Waals surface area contributed by atoms with Crippen LogP contribution in [0, 0.1) is 0 Å². The zero-order valence-electron chi connectivity index (χ0n) is 11.6. The molecule has 0 heterocycles. The lowest BCUT2D eigenvalue weighted by Gasteiger charge is -2.11. The van der Waals surface area contributed by atoms with Gasteiger partial charge >= 0.3 is 5.97 Å². The van der Waals surface area contributed by atoms with Gasteiger partial charge in [0.2, 0.25) is 0 Å². The van der Waals surface area contributed by atoms with Crippen molar-refractivity contribution >= 4 is 23.3 Å². The average molecular weight is 306 g/mol. The van der Waals surface area contributed by atoms with Crippen molar-refractivity contribution in [3.63, 3.8) is 0 Å². The third-order valence-corrected chi connectivity index (χ3v) is 3.22. The first kappa shape index (κ1) is 15.4. The predicted octanol–water partition coefficient (Wildman–Crippen LogP) is 3.43. The minimum Gasteiger partial charge on any atom is -0.465 e. The van der Waals surface area contributed by atoms with Gasteiger partial charge in [0.1, 0.15) is 0 Å². The Bertz CT molecular complexity index is 643. The lowest BCUT2D eigenvalue weighted by molar-refractivity contribution is 0.0591. The molecule has 0 aliphatic rings. The van der Waals surface area contributed by atoms with Crippen LogP contribution >= 0.6 is 11.6 Å². The molecular weight excluding hydrogens is 290 g/mol. The molecule has 0 atom stereocenters. The van der Waals surface area contributed by atoms with Crippen LogP contribution in [0.4, 0.5) is 5.69 Å². The number of benzene rings is 2. The van der Waals surface area contributed by atoms with Gasteiger partial charge in [-0.05, 0) is 29.3 Å². The fourth-order valence-corrected chi connectivity index (χ4v) is 2.21. The number of carbonyl (C=O) groups excluding carboxylic acids is 1. The number of nitrogens with two attached hydrogens (primary N) is 1. The van der Waals surface area contributed by atoms with Crippen molar-refractivity contribution in [2.45, 2.75) is 13.2 Å². The monoisotopic (exact) mass is 305 g/mol. The van der Waals surface area contributed by atoms with E-state index in [0.717, 1.165) is 5.56 Å². The fourth-order valence-electron chi connectivity index (χ4n) is 2.00. The number of anilines is 1. The van der Waals surface area contributed by atoms with E-state index >= 15 is 0 Å². The van der Waals surface area contributed by atoms with Gasteiger partial charge in [0.05, 0.1) is 25.9 Å². The third kappa shape index (κ3) is 3.97. The highest BCUT2D eigenvalue weighted by molar-refractivity contribution is 6.30. The van der Waals surface area contributed by atoms with Crippen LogP contribution in [0.1, 0.15) is 21.5 Å². The van der Waals surface area contributed by atoms with Crippen molar-refractivity contribution in [1.82, 2.24) is 0 Å². The lowest BCUT2D eigenvalue weighted by Crippen LogP contribution is -2.10. The molecule has 0 amide bonds. The Morgan fingerprint density at radius 3 is 2.67 bits per heavy atom. The lowest BCUT2D eigenvalue weighted by atomic mass is 10.1. The number of rotatable bonds is 5. The second-order valence-electron chi connectivity index (χ2n) is 4.50. The Balaban J connectivity index is 2.07. The second-order valence-corrected chi connectivity index (χ2v) is 4.93. The van der Waals surface area contributed by atoms with E-state index in [1.807, 2.05) is 18.2 Å². The molecule has 110 valence electrons. The molecule has 2 N–H and O–H groups in total. The first-order valence-corrected chi connectivity index (χ1v) is 6.77. The van der Waals surface area contributed by atoms with Gasteiger partial charge in [-0.25, -0.2) is 4.79 Å². The van der Waals surface area contributed by atoms with Gasteiger partial charge < -0.3 is 15.2 Å².